The van der Waals surface area contributed by atoms with Gasteiger partial charge < -0.3 is 0 Å². The molecule has 0 aliphatic heterocycles. The molecular weight excluding hydrogens is 284 g/mol. The van der Waals surface area contributed by atoms with Crippen LogP contribution in [0.1, 0.15) is 48.7 Å². The van der Waals surface area contributed by atoms with E-state index in [1.165, 1.54) is 0 Å². The van der Waals surface area contributed by atoms with Crippen molar-refractivity contribution in [2.24, 2.45) is 0 Å². The standard InChI is InChI=1S/C17H19ClN2O/c1-2-11-20-15(14(18)12-19-20)16(21)17(9-6-10-17)13-7-4-3-5-8-13/h3-5,7-8,12H,2,6,9-11H2,1H3. The first-order valence-electron chi connectivity index (χ1n) is 7.50. The van der Waals surface area contributed by atoms with Gasteiger partial charge in [-0.15, -0.1) is 0 Å². The lowest BCUT2D eigenvalue weighted by Gasteiger charge is -2.41. The van der Waals surface area contributed by atoms with Crippen LogP contribution in [0.3, 0.4) is 0 Å². The largest absolute Gasteiger partial charge is 0.291 e. The third kappa shape index (κ3) is 2.30. The fraction of sp³-hybridized carbons (Fsp3) is 0.412. The van der Waals surface area contributed by atoms with Crippen LogP contribution in [0.5, 0.6) is 0 Å². The number of aryl methyl sites for hydroxylation is 1. The molecular formula is C17H19ClN2O. The molecule has 110 valence electrons. The van der Waals surface area contributed by atoms with Gasteiger partial charge in [0.1, 0.15) is 5.69 Å². The quantitative estimate of drug-likeness (QED) is 0.774. The van der Waals surface area contributed by atoms with Crippen molar-refractivity contribution in [3.05, 3.63) is 52.8 Å². The Morgan fingerprint density at radius 3 is 2.62 bits per heavy atom. The highest BCUT2D eigenvalue weighted by atomic mass is 35.5. The summed E-state index contributed by atoms with van der Waals surface area (Å²) in [6, 6.07) is 10.1. The summed E-state index contributed by atoms with van der Waals surface area (Å²) in [6.45, 7) is 2.79. The van der Waals surface area contributed by atoms with Crippen LogP contribution in [0, 0.1) is 0 Å². The lowest BCUT2D eigenvalue weighted by molar-refractivity contribution is 0.0777. The zero-order valence-corrected chi connectivity index (χ0v) is 12.9. The first-order chi connectivity index (χ1) is 10.2. The number of hydrogen-bond acceptors (Lipinski definition) is 2. The lowest BCUT2D eigenvalue weighted by Crippen LogP contribution is -2.43. The second kappa shape index (κ2) is 5.64. The molecule has 1 aliphatic carbocycles. The van der Waals surface area contributed by atoms with Gasteiger partial charge in [0.2, 0.25) is 0 Å². The number of ketones is 1. The van der Waals surface area contributed by atoms with E-state index in [4.69, 9.17) is 11.6 Å². The molecule has 1 saturated carbocycles. The molecule has 1 aromatic carbocycles. The van der Waals surface area contributed by atoms with E-state index in [-0.39, 0.29) is 5.78 Å². The van der Waals surface area contributed by atoms with Crippen molar-refractivity contribution in [3.8, 4) is 0 Å². The van der Waals surface area contributed by atoms with Gasteiger partial charge in [-0.1, -0.05) is 55.3 Å². The van der Waals surface area contributed by atoms with Crippen LogP contribution in [0.25, 0.3) is 0 Å². The molecule has 0 N–H and O–H groups in total. The van der Waals surface area contributed by atoms with Crippen LogP contribution in [0.4, 0.5) is 0 Å². The van der Waals surface area contributed by atoms with Gasteiger partial charge in [-0.05, 0) is 24.8 Å². The number of aromatic nitrogens is 2. The van der Waals surface area contributed by atoms with Crippen molar-refractivity contribution in [3.63, 3.8) is 0 Å². The van der Waals surface area contributed by atoms with E-state index in [2.05, 4.69) is 12.0 Å². The van der Waals surface area contributed by atoms with E-state index in [0.29, 0.717) is 10.7 Å². The molecule has 0 radical (unpaired) electrons. The molecule has 1 aromatic heterocycles. The number of carbonyl (C=O) groups excluding carboxylic acids is 1. The van der Waals surface area contributed by atoms with Crippen molar-refractivity contribution in [1.29, 1.82) is 0 Å². The van der Waals surface area contributed by atoms with Crippen molar-refractivity contribution < 1.29 is 4.79 Å². The molecule has 0 bridgehead atoms. The monoisotopic (exact) mass is 302 g/mol. The van der Waals surface area contributed by atoms with E-state index in [1.807, 2.05) is 30.3 Å². The molecule has 0 spiro atoms. The minimum absolute atomic E-state index is 0.121. The first kappa shape index (κ1) is 14.3. The average Bonchev–Trinajstić information content (AvgIpc) is 2.80. The topological polar surface area (TPSA) is 34.9 Å². The number of benzene rings is 1. The molecule has 21 heavy (non-hydrogen) atoms. The van der Waals surface area contributed by atoms with Gasteiger partial charge in [0.05, 0.1) is 16.6 Å². The molecule has 0 saturated heterocycles. The summed E-state index contributed by atoms with van der Waals surface area (Å²) in [5.41, 5.74) is 1.26. The molecule has 2 aromatic rings. The summed E-state index contributed by atoms with van der Waals surface area (Å²) in [7, 11) is 0. The van der Waals surface area contributed by atoms with Crippen LogP contribution >= 0.6 is 11.6 Å². The molecule has 0 unspecified atom stereocenters. The number of carbonyl (C=O) groups is 1. The highest BCUT2D eigenvalue weighted by Gasteiger charge is 2.47. The van der Waals surface area contributed by atoms with Gasteiger partial charge in [0.15, 0.2) is 5.78 Å². The minimum Gasteiger partial charge on any atom is -0.291 e. The average molecular weight is 303 g/mol. The number of nitrogens with zero attached hydrogens (tertiary/aromatic N) is 2. The van der Waals surface area contributed by atoms with Gasteiger partial charge in [-0.2, -0.15) is 5.10 Å². The van der Waals surface area contributed by atoms with Gasteiger partial charge in [0, 0.05) is 6.54 Å². The maximum Gasteiger partial charge on any atom is 0.192 e. The van der Waals surface area contributed by atoms with E-state index < -0.39 is 5.41 Å². The summed E-state index contributed by atoms with van der Waals surface area (Å²) in [4.78, 5) is 13.2. The molecule has 1 fully saturated rings. The zero-order valence-electron chi connectivity index (χ0n) is 12.2. The van der Waals surface area contributed by atoms with Crippen LogP contribution in [-0.2, 0) is 12.0 Å². The minimum atomic E-state index is -0.406. The number of halogens is 1. The normalized spacial score (nSPS) is 16.5. The molecule has 0 amide bonds. The Labute approximate surface area is 129 Å². The third-order valence-electron chi connectivity index (χ3n) is 4.41. The van der Waals surface area contributed by atoms with Crippen LogP contribution in [0.2, 0.25) is 5.02 Å². The Hall–Kier alpha value is -1.61. The van der Waals surface area contributed by atoms with Crippen LogP contribution < -0.4 is 0 Å². The Morgan fingerprint density at radius 2 is 2.05 bits per heavy atom. The zero-order chi connectivity index (χ0) is 14.9. The van der Waals surface area contributed by atoms with Gasteiger partial charge >= 0.3 is 0 Å². The molecule has 4 heteroatoms. The molecule has 0 atom stereocenters. The van der Waals surface area contributed by atoms with Crippen molar-refractivity contribution in [2.75, 3.05) is 0 Å². The molecule has 3 rings (SSSR count). The van der Waals surface area contributed by atoms with E-state index in [0.717, 1.165) is 37.8 Å². The van der Waals surface area contributed by atoms with Crippen LogP contribution in [0.15, 0.2) is 36.5 Å². The van der Waals surface area contributed by atoms with E-state index >= 15 is 0 Å². The smallest absolute Gasteiger partial charge is 0.192 e. The summed E-state index contributed by atoms with van der Waals surface area (Å²) in [5, 5.41) is 4.72. The Bertz CT molecular complexity index is 644. The highest BCUT2D eigenvalue weighted by Crippen LogP contribution is 2.46. The first-order valence-corrected chi connectivity index (χ1v) is 7.88. The fourth-order valence-electron chi connectivity index (χ4n) is 3.13. The molecule has 3 nitrogen and oxygen atoms in total. The number of Topliss-reactive ketones (excluding diaryl/α,β-unsaturated/α-hetero) is 1. The second-order valence-electron chi connectivity index (χ2n) is 5.70. The highest BCUT2D eigenvalue weighted by molar-refractivity contribution is 6.34. The maximum atomic E-state index is 13.2. The van der Waals surface area contributed by atoms with E-state index in [1.54, 1.807) is 10.9 Å². The predicted octanol–water partition coefficient (Wildman–Crippen LogP) is 4.25. The summed E-state index contributed by atoms with van der Waals surface area (Å²) in [6.07, 6.45) is 5.38. The van der Waals surface area contributed by atoms with Gasteiger partial charge in [0.25, 0.3) is 0 Å². The SMILES string of the molecule is CCCn1ncc(Cl)c1C(=O)C1(c2ccccc2)CCC1. The molecule has 1 aliphatic rings. The van der Waals surface area contributed by atoms with Crippen molar-refractivity contribution in [1.82, 2.24) is 9.78 Å². The Kier molecular flexibility index (Phi) is 3.85. The lowest BCUT2D eigenvalue weighted by atomic mass is 9.61. The fourth-order valence-corrected chi connectivity index (χ4v) is 3.36. The van der Waals surface area contributed by atoms with Crippen molar-refractivity contribution >= 4 is 17.4 Å². The van der Waals surface area contributed by atoms with Gasteiger partial charge in [-0.25, -0.2) is 0 Å². The predicted molar refractivity (Wildman–Crippen MR) is 83.8 cm³/mol. The Balaban J connectivity index is 2.03. The molecule has 1 heterocycles. The summed E-state index contributed by atoms with van der Waals surface area (Å²) >= 11 is 6.25. The summed E-state index contributed by atoms with van der Waals surface area (Å²) in [5.74, 6) is 0.121. The third-order valence-corrected chi connectivity index (χ3v) is 4.69. The second-order valence-corrected chi connectivity index (χ2v) is 6.10. The van der Waals surface area contributed by atoms with Crippen LogP contribution in [-0.4, -0.2) is 15.6 Å². The van der Waals surface area contributed by atoms with Crippen molar-refractivity contribution in [2.45, 2.75) is 44.6 Å². The number of rotatable bonds is 5. The van der Waals surface area contributed by atoms with E-state index in [9.17, 15) is 4.79 Å². The maximum absolute atomic E-state index is 13.2. The van der Waals surface area contributed by atoms with Gasteiger partial charge in [-0.3, -0.25) is 9.48 Å². The summed E-state index contributed by atoms with van der Waals surface area (Å²) < 4.78 is 1.76. The Morgan fingerprint density at radius 1 is 1.33 bits per heavy atom. The number of hydrogen-bond donors (Lipinski definition) is 0.